The minimum atomic E-state index is 0.531. The lowest BCUT2D eigenvalue weighted by Gasteiger charge is -2.00. The van der Waals surface area contributed by atoms with Gasteiger partial charge in [0.1, 0.15) is 5.58 Å². The number of fused-ring (bicyclic) bond motifs is 1. The largest absolute Gasteiger partial charge is 0.464 e. The van der Waals surface area contributed by atoms with Crippen molar-refractivity contribution in [1.82, 2.24) is 0 Å². The second kappa shape index (κ2) is 2.91. The van der Waals surface area contributed by atoms with Crippen molar-refractivity contribution < 1.29 is 4.42 Å². The highest BCUT2D eigenvalue weighted by atomic mass is 16.3. The molecule has 0 radical (unpaired) electrons. The maximum absolute atomic E-state index is 5.49. The van der Waals surface area contributed by atoms with Crippen LogP contribution in [-0.2, 0) is 0 Å². The highest BCUT2D eigenvalue weighted by molar-refractivity contribution is 5.82. The van der Waals surface area contributed by atoms with Gasteiger partial charge in [0.05, 0.1) is 6.26 Å². The lowest BCUT2D eigenvalue weighted by atomic mass is 10.0. The third kappa shape index (κ3) is 1.35. The summed E-state index contributed by atoms with van der Waals surface area (Å²) in [5, 5.41) is 1.25. The van der Waals surface area contributed by atoms with Crippen molar-refractivity contribution >= 4 is 11.0 Å². The molecule has 0 unspecified atom stereocenters. The van der Waals surface area contributed by atoms with E-state index in [1.807, 2.05) is 6.26 Å². The standard InChI is InChI=1S/C12H14O/c1-8(2)11-7-13-12-6-9(3)4-5-10(11)12/h4-8H,1-3H3. The van der Waals surface area contributed by atoms with Gasteiger partial charge in [-0.25, -0.2) is 0 Å². The molecule has 0 N–H and O–H groups in total. The van der Waals surface area contributed by atoms with E-state index in [-0.39, 0.29) is 0 Å². The van der Waals surface area contributed by atoms with E-state index >= 15 is 0 Å². The van der Waals surface area contributed by atoms with Crippen LogP contribution in [0.15, 0.2) is 28.9 Å². The predicted molar refractivity (Wildman–Crippen MR) is 55.0 cm³/mol. The maximum Gasteiger partial charge on any atom is 0.134 e. The van der Waals surface area contributed by atoms with Gasteiger partial charge in [-0.3, -0.25) is 0 Å². The van der Waals surface area contributed by atoms with Gasteiger partial charge in [-0.1, -0.05) is 26.0 Å². The van der Waals surface area contributed by atoms with Crippen molar-refractivity contribution in [2.24, 2.45) is 0 Å². The zero-order chi connectivity index (χ0) is 9.42. The summed E-state index contributed by atoms with van der Waals surface area (Å²) in [6.45, 7) is 6.45. The van der Waals surface area contributed by atoms with Gasteiger partial charge in [-0.15, -0.1) is 0 Å². The summed E-state index contributed by atoms with van der Waals surface area (Å²) in [6, 6.07) is 6.36. The first-order chi connectivity index (χ1) is 6.18. The van der Waals surface area contributed by atoms with Gasteiger partial charge in [0, 0.05) is 10.9 Å². The number of furan rings is 1. The Morgan fingerprint density at radius 2 is 2.00 bits per heavy atom. The fraction of sp³-hybridized carbons (Fsp3) is 0.333. The molecule has 2 aromatic rings. The van der Waals surface area contributed by atoms with Gasteiger partial charge in [-0.05, 0) is 24.5 Å². The number of hydrogen-bond acceptors (Lipinski definition) is 1. The Hall–Kier alpha value is -1.24. The van der Waals surface area contributed by atoms with Crippen LogP contribution in [0.3, 0.4) is 0 Å². The monoisotopic (exact) mass is 174 g/mol. The molecule has 0 spiro atoms. The molecule has 1 aromatic carbocycles. The van der Waals surface area contributed by atoms with Crippen molar-refractivity contribution in [1.29, 1.82) is 0 Å². The summed E-state index contributed by atoms with van der Waals surface area (Å²) >= 11 is 0. The van der Waals surface area contributed by atoms with E-state index in [9.17, 15) is 0 Å². The Morgan fingerprint density at radius 1 is 1.23 bits per heavy atom. The van der Waals surface area contributed by atoms with E-state index < -0.39 is 0 Å². The molecule has 68 valence electrons. The van der Waals surface area contributed by atoms with Gasteiger partial charge in [0.2, 0.25) is 0 Å². The van der Waals surface area contributed by atoms with Crippen LogP contribution < -0.4 is 0 Å². The van der Waals surface area contributed by atoms with Crippen LogP contribution in [0.2, 0.25) is 0 Å². The number of aryl methyl sites for hydroxylation is 1. The normalized spacial score (nSPS) is 11.4. The van der Waals surface area contributed by atoms with Crippen LogP contribution >= 0.6 is 0 Å². The fourth-order valence-corrected chi connectivity index (χ4v) is 1.60. The molecule has 0 aliphatic carbocycles. The number of rotatable bonds is 1. The zero-order valence-corrected chi connectivity index (χ0v) is 8.29. The molecular weight excluding hydrogens is 160 g/mol. The summed E-state index contributed by atoms with van der Waals surface area (Å²) < 4.78 is 5.49. The van der Waals surface area contributed by atoms with Crippen LogP contribution in [0, 0.1) is 6.92 Å². The molecule has 1 heterocycles. The second-order valence-corrected chi connectivity index (χ2v) is 3.85. The Kier molecular flexibility index (Phi) is 1.87. The molecule has 0 saturated carbocycles. The lowest BCUT2D eigenvalue weighted by Crippen LogP contribution is -1.83. The van der Waals surface area contributed by atoms with E-state index in [1.54, 1.807) is 0 Å². The Labute approximate surface area is 78.4 Å². The van der Waals surface area contributed by atoms with Crippen LogP contribution in [0.4, 0.5) is 0 Å². The van der Waals surface area contributed by atoms with Crippen LogP contribution in [0.25, 0.3) is 11.0 Å². The molecule has 1 aromatic heterocycles. The summed E-state index contributed by atoms with van der Waals surface area (Å²) in [4.78, 5) is 0. The van der Waals surface area contributed by atoms with Gasteiger partial charge >= 0.3 is 0 Å². The Bertz CT molecular complexity index is 424. The van der Waals surface area contributed by atoms with Crippen LogP contribution in [-0.4, -0.2) is 0 Å². The molecular formula is C12H14O. The fourth-order valence-electron chi connectivity index (χ4n) is 1.60. The summed E-state index contributed by atoms with van der Waals surface area (Å²) in [7, 11) is 0. The first kappa shape index (κ1) is 8.36. The first-order valence-electron chi connectivity index (χ1n) is 4.66. The molecule has 0 bridgehead atoms. The SMILES string of the molecule is Cc1ccc2c(C(C)C)coc2c1. The highest BCUT2D eigenvalue weighted by Gasteiger charge is 2.08. The van der Waals surface area contributed by atoms with E-state index in [0.717, 1.165) is 5.58 Å². The van der Waals surface area contributed by atoms with Crippen molar-refractivity contribution in [3.8, 4) is 0 Å². The first-order valence-corrected chi connectivity index (χ1v) is 4.66. The molecule has 0 atom stereocenters. The quantitative estimate of drug-likeness (QED) is 0.639. The van der Waals surface area contributed by atoms with E-state index in [2.05, 4.69) is 39.0 Å². The van der Waals surface area contributed by atoms with Gasteiger partial charge < -0.3 is 4.42 Å². The topological polar surface area (TPSA) is 13.1 Å². The van der Waals surface area contributed by atoms with Crippen molar-refractivity contribution in [3.63, 3.8) is 0 Å². The van der Waals surface area contributed by atoms with Crippen molar-refractivity contribution in [2.45, 2.75) is 26.7 Å². The molecule has 1 heteroatoms. The highest BCUT2D eigenvalue weighted by Crippen LogP contribution is 2.27. The van der Waals surface area contributed by atoms with Gasteiger partial charge in [0.15, 0.2) is 0 Å². The molecule has 0 fully saturated rings. The molecule has 1 nitrogen and oxygen atoms in total. The summed E-state index contributed by atoms with van der Waals surface area (Å²) in [5.41, 5.74) is 3.55. The van der Waals surface area contributed by atoms with E-state index in [0.29, 0.717) is 5.92 Å². The van der Waals surface area contributed by atoms with Crippen molar-refractivity contribution in [2.75, 3.05) is 0 Å². The van der Waals surface area contributed by atoms with Crippen LogP contribution in [0.5, 0.6) is 0 Å². The number of benzene rings is 1. The van der Waals surface area contributed by atoms with Gasteiger partial charge in [0.25, 0.3) is 0 Å². The average molecular weight is 174 g/mol. The molecule has 0 amide bonds. The summed E-state index contributed by atoms with van der Waals surface area (Å²) in [6.07, 6.45) is 1.87. The lowest BCUT2D eigenvalue weighted by molar-refractivity contribution is 0.606. The molecule has 13 heavy (non-hydrogen) atoms. The molecule has 0 saturated heterocycles. The predicted octanol–water partition coefficient (Wildman–Crippen LogP) is 3.86. The maximum atomic E-state index is 5.49. The van der Waals surface area contributed by atoms with E-state index in [4.69, 9.17) is 4.42 Å². The third-order valence-corrected chi connectivity index (χ3v) is 2.38. The smallest absolute Gasteiger partial charge is 0.134 e. The third-order valence-electron chi connectivity index (χ3n) is 2.38. The average Bonchev–Trinajstić information content (AvgIpc) is 2.46. The van der Waals surface area contributed by atoms with Crippen molar-refractivity contribution in [3.05, 3.63) is 35.6 Å². The Balaban J connectivity index is 2.69. The second-order valence-electron chi connectivity index (χ2n) is 3.85. The van der Waals surface area contributed by atoms with Crippen LogP contribution in [0.1, 0.15) is 30.9 Å². The molecule has 0 aliphatic rings. The van der Waals surface area contributed by atoms with Gasteiger partial charge in [-0.2, -0.15) is 0 Å². The van der Waals surface area contributed by atoms with E-state index in [1.165, 1.54) is 16.5 Å². The summed E-state index contributed by atoms with van der Waals surface area (Å²) in [5.74, 6) is 0.531. The zero-order valence-electron chi connectivity index (χ0n) is 8.29. The molecule has 2 rings (SSSR count). The minimum absolute atomic E-state index is 0.531. The minimum Gasteiger partial charge on any atom is -0.464 e. The number of hydrogen-bond donors (Lipinski definition) is 0. The molecule has 0 aliphatic heterocycles. The Morgan fingerprint density at radius 3 is 2.69 bits per heavy atom.